The SMILES string of the molecule is CNC(=O)NC(=O)CSc1nnc(-c2ccccc2F)n1Cc1ccccc1. The minimum atomic E-state index is -0.580. The monoisotopic (exact) mass is 399 g/mol. The van der Waals surface area contributed by atoms with Crippen LogP contribution in [0, 0.1) is 5.82 Å². The van der Waals surface area contributed by atoms with Gasteiger partial charge in [0.05, 0.1) is 17.9 Å². The molecule has 1 aromatic heterocycles. The number of rotatable bonds is 6. The molecule has 0 saturated carbocycles. The number of aromatic nitrogens is 3. The molecular formula is C19H18FN5O2S. The van der Waals surface area contributed by atoms with Crippen LogP contribution in [0.3, 0.4) is 0 Å². The molecule has 2 aromatic carbocycles. The van der Waals surface area contributed by atoms with Crippen molar-refractivity contribution in [3.05, 3.63) is 66.0 Å². The summed E-state index contributed by atoms with van der Waals surface area (Å²) in [4.78, 5) is 23.1. The molecule has 0 spiro atoms. The number of halogens is 1. The lowest BCUT2D eigenvalue weighted by Gasteiger charge is -2.11. The number of benzene rings is 2. The van der Waals surface area contributed by atoms with Gasteiger partial charge in [0.1, 0.15) is 5.82 Å². The smallest absolute Gasteiger partial charge is 0.321 e. The zero-order valence-corrected chi connectivity index (χ0v) is 15.9. The number of hydrogen-bond acceptors (Lipinski definition) is 5. The van der Waals surface area contributed by atoms with Crippen molar-refractivity contribution < 1.29 is 14.0 Å². The zero-order chi connectivity index (χ0) is 19.9. The van der Waals surface area contributed by atoms with E-state index in [1.54, 1.807) is 22.8 Å². The number of carbonyl (C=O) groups is 2. The molecule has 144 valence electrons. The van der Waals surface area contributed by atoms with Crippen LogP contribution in [0.15, 0.2) is 59.8 Å². The van der Waals surface area contributed by atoms with Crippen LogP contribution in [0.1, 0.15) is 5.56 Å². The van der Waals surface area contributed by atoms with E-state index in [9.17, 15) is 14.0 Å². The third-order valence-electron chi connectivity index (χ3n) is 3.83. The maximum absolute atomic E-state index is 14.3. The zero-order valence-electron chi connectivity index (χ0n) is 15.1. The Labute approximate surface area is 165 Å². The Morgan fingerprint density at radius 2 is 1.79 bits per heavy atom. The van der Waals surface area contributed by atoms with Gasteiger partial charge in [-0.25, -0.2) is 9.18 Å². The normalized spacial score (nSPS) is 10.5. The summed E-state index contributed by atoms with van der Waals surface area (Å²) in [5.74, 6) is -0.530. The molecule has 28 heavy (non-hydrogen) atoms. The van der Waals surface area contributed by atoms with Gasteiger partial charge in [0, 0.05) is 7.05 Å². The number of thioether (sulfide) groups is 1. The minimum absolute atomic E-state index is 0.0301. The first-order valence-corrected chi connectivity index (χ1v) is 9.43. The first-order valence-electron chi connectivity index (χ1n) is 8.45. The summed E-state index contributed by atoms with van der Waals surface area (Å²) in [6.45, 7) is 0.414. The van der Waals surface area contributed by atoms with Gasteiger partial charge in [-0.05, 0) is 17.7 Å². The number of carbonyl (C=O) groups excluding carboxylic acids is 2. The van der Waals surface area contributed by atoms with Gasteiger partial charge in [0.15, 0.2) is 11.0 Å². The van der Waals surface area contributed by atoms with Crippen LogP contribution in [0.4, 0.5) is 9.18 Å². The molecule has 0 fully saturated rings. The second kappa shape index (κ2) is 9.14. The fourth-order valence-electron chi connectivity index (χ4n) is 2.50. The standard InChI is InChI=1S/C19H18FN5O2S/c1-21-18(27)22-16(26)12-28-19-24-23-17(14-9-5-6-10-15(14)20)25(19)11-13-7-3-2-4-8-13/h2-10H,11-12H2,1H3,(H2,21,22,26,27). The molecule has 2 N–H and O–H groups in total. The molecule has 3 aromatic rings. The van der Waals surface area contributed by atoms with Gasteiger partial charge in [-0.2, -0.15) is 0 Å². The number of nitrogens with one attached hydrogen (secondary N) is 2. The number of nitrogens with zero attached hydrogens (tertiary/aromatic N) is 3. The van der Waals surface area contributed by atoms with Gasteiger partial charge in [0.25, 0.3) is 0 Å². The van der Waals surface area contributed by atoms with Crippen molar-refractivity contribution in [1.82, 2.24) is 25.4 Å². The third-order valence-corrected chi connectivity index (χ3v) is 4.79. The highest BCUT2D eigenvalue weighted by Gasteiger charge is 2.18. The summed E-state index contributed by atoms with van der Waals surface area (Å²) in [6.07, 6.45) is 0. The number of urea groups is 1. The van der Waals surface area contributed by atoms with Crippen molar-refractivity contribution in [3.8, 4) is 11.4 Å². The number of hydrogen-bond donors (Lipinski definition) is 2. The maximum Gasteiger partial charge on any atom is 0.321 e. The van der Waals surface area contributed by atoms with E-state index in [-0.39, 0.29) is 5.75 Å². The lowest BCUT2D eigenvalue weighted by atomic mass is 10.2. The Hall–Kier alpha value is -3.20. The Morgan fingerprint density at radius 3 is 2.50 bits per heavy atom. The fourth-order valence-corrected chi connectivity index (χ4v) is 3.24. The van der Waals surface area contributed by atoms with Crippen molar-refractivity contribution >= 4 is 23.7 Å². The van der Waals surface area contributed by atoms with Crippen LogP contribution in [0.25, 0.3) is 11.4 Å². The van der Waals surface area contributed by atoms with E-state index in [1.807, 2.05) is 30.3 Å². The van der Waals surface area contributed by atoms with Gasteiger partial charge in [-0.3, -0.25) is 14.7 Å². The molecule has 9 heteroatoms. The molecule has 0 aliphatic heterocycles. The molecule has 0 atom stereocenters. The minimum Gasteiger partial charge on any atom is -0.341 e. The molecule has 0 saturated heterocycles. The van der Waals surface area contributed by atoms with Crippen molar-refractivity contribution in [2.24, 2.45) is 0 Å². The highest BCUT2D eigenvalue weighted by atomic mass is 32.2. The first kappa shape index (κ1) is 19.6. The number of amides is 3. The van der Waals surface area contributed by atoms with Crippen LogP contribution in [-0.4, -0.2) is 39.5 Å². The van der Waals surface area contributed by atoms with Crippen LogP contribution >= 0.6 is 11.8 Å². The Kier molecular flexibility index (Phi) is 6.38. The Balaban J connectivity index is 1.88. The summed E-state index contributed by atoms with van der Waals surface area (Å²) >= 11 is 1.12. The predicted molar refractivity (Wildman–Crippen MR) is 104 cm³/mol. The molecule has 0 bridgehead atoms. The molecule has 1 heterocycles. The van der Waals surface area contributed by atoms with Crippen molar-refractivity contribution in [2.45, 2.75) is 11.7 Å². The fraction of sp³-hybridized carbons (Fsp3) is 0.158. The highest BCUT2D eigenvalue weighted by molar-refractivity contribution is 7.99. The molecule has 0 aliphatic carbocycles. The van der Waals surface area contributed by atoms with E-state index in [2.05, 4.69) is 20.8 Å². The van der Waals surface area contributed by atoms with E-state index in [4.69, 9.17) is 0 Å². The molecule has 7 nitrogen and oxygen atoms in total. The lowest BCUT2D eigenvalue weighted by Crippen LogP contribution is -2.38. The van der Waals surface area contributed by atoms with E-state index >= 15 is 0 Å². The average molecular weight is 399 g/mol. The second-order valence-corrected chi connectivity index (χ2v) is 6.72. The summed E-state index contributed by atoms with van der Waals surface area (Å²) in [7, 11) is 1.42. The van der Waals surface area contributed by atoms with Gasteiger partial charge < -0.3 is 5.32 Å². The van der Waals surface area contributed by atoms with Crippen molar-refractivity contribution in [1.29, 1.82) is 0 Å². The van der Waals surface area contributed by atoms with Gasteiger partial charge >= 0.3 is 6.03 Å². The third kappa shape index (κ3) is 4.74. The largest absolute Gasteiger partial charge is 0.341 e. The predicted octanol–water partition coefficient (Wildman–Crippen LogP) is 2.68. The van der Waals surface area contributed by atoms with Gasteiger partial charge in [-0.1, -0.05) is 54.2 Å². The quantitative estimate of drug-likeness (QED) is 0.622. The van der Waals surface area contributed by atoms with E-state index < -0.39 is 17.8 Å². The average Bonchev–Trinajstić information content (AvgIpc) is 3.09. The van der Waals surface area contributed by atoms with Crippen molar-refractivity contribution in [3.63, 3.8) is 0 Å². The molecule has 0 aliphatic rings. The topological polar surface area (TPSA) is 88.9 Å². The Morgan fingerprint density at radius 1 is 1.07 bits per heavy atom. The van der Waals surface area contributed by atoms with Crippen LogP contribution < -0.4 is 10.6 Å². The molecule has 3 rings (SSSR count). The lowest BCUT2D eigenvalue weighted by molar-refractivity contribution is -0.117. The maximum atomic E-state index is 14.3. The van der Waals surface area contributed by atoms with Crippen LogP contribution in [-0.2, 0) is 11.3 Å². The van der Waals surface area contributed by atoms with Crippen LogP contribution in [0.5, 0.6) is 0 Å². The van der Waals surface area contributed by atoms with E-state index in [1.165, 1.54) is 13.1 Å². The molecule has 0 radical (unpaired) electrons. The summed E-state index contributed by atoms with van der Waals surface area (Å²) in [5, 5.41) is 13.2. The Bertz CT molecular complexity index is 977. The number of imide groups is 1. The van der Waals surface area contributed by atoms with E-state index in [0.29, 0.717) is 23.1 Å². The first-order chi connectivity index (χ1) is 13.6. The van der Waals surface area contributed by atoms with E-state index in [0.717, 1.165) is 17.3 Å². The highest BCUT2D eigenvalue weighted by Crippen LogP contribution is 2.26. The summed E-state index contributed by atoms with van der Waals surface area (Å²) in [5.41, 5.74) is 1.31. The van der Waals surface area contributed by atoms with Crippen molar-refractivity contribution in [2.75, 3.05) is 12.8 Å². The van der Waals surface area contributed by atoms with Gasteiger partial charge in [0.2, 0.25) is 5.91 Å². The molecule has 0 unspecified atom stereocenters. The molecular weight excluding hydrogens is 381 g/mol. The van der Waals surface area contributed by atoms with Crippen LogP contribution in [0.2, 0.25) is 0 Å². The summed E-state index contributed by atoms with van der Waals surface area (Å²) < 4.78 is 16.1. The second-order valence-electron chi connectivity index (χ2n) is 5.77. The molecule has 3 amide bonds. The van der Waals surface area contributed by atoms with Gasteiger partial charge in [-0.15, -0.1) is 10.2 Å². The summed E-state index contributed by atoms with van der Waals surface area (Å²) in [6, 6.07) is 15.4.